The molecular formula is C29H27F2N7O3S. The van der Waals surface area contributed by atoms with Gasteiger partial charge in [-0.3, -0.25) is 9.36 Å². The van der Waals surface area contributed by atoms with E-state index in [2.05, 4.69) is 20.8 Å². The Morgan fingerprint density at radius 2 is 1.67 bits per heavy atom. The number of aryl methyl sites for hydroxylation is 1. The monoisotopic (exact) mass is 591 g/mol. The second kappa shape index (κ2) is 11.6. The van der Waals surface area contributed by atoms with Gasteiger partial charge < -0.3 is 15.5 Å². The van der Waals surface area contributed by atoms with Crippen LogP contribution in [0.1, 0.15) is 16.8 Å². The second-order valence-electron chi connectivity index (χ2n) is 9.85. The van der Waals surface area contributed by atoms with Gasteiger partial charge in [-0.1, -0.05) is 18.2 Å². The SMILES string of the molecule is CNC(=O)Nc1ccc(-c2sc3c(c2CN(C)C)c(=O)n(-c2ccc(C)nn2)c(=O)n3Cc2c(F)cccc2F)cc1. The molecule has 10 nitrogen and oxygen atoms in total. The molecule has 0 saturated carbocycles. The number of carbonyl (C=O) groups is 1. The lowest BCUT2D eigenvalue weighted by atomic mass is 10.1. The Morgan fingerprint density at radius 3 is 2.26 bits per heavy atom. The number of aromatic nitrogens is 4. The Labute approximate surface area is 242 Å². The van der Waals surface area contributed by atoms with Crippen molar-refractivity contribution in [1.29, 1.82) is 0 Å². The van der Waals surface area contributed by atoms with E-state index in [1.807, 2.05) is 19.0 Å². The zero-order chi connectivity index (χ0) is 30.1. The number of urea groups is 1. The first-order valence-corrected chi connectivity index (χ1v) is 13.7. The molecule has 0 bridgehead atoms. The van der Waals surface area contributed by atoms with Crippen molar-refractivity contribution in [2.75, 3.05) is 26.5 Å². The summed E-state index contributed by atoms with van der Waals surface area (Å²) in [6.07, 6.45) is 0. The maximum absolute atomic E-state index is 14.8. The first kappa shape index (κ1) is 28.8. The number of nitrogens with zero attached hydrogens (tertiary/aromatic N) is 5. The summed E-state index contributed by atoms with van der Waals surface area (Å²) in [7, 11) is 5.20. The largest absolute Gasteiger partial charge is 0.341 e. The number of fused-ring (bicyclic) bond motifs is 1. The average Bonchev–Trinajstić information content (AvgIpc) is 3.32. The van der Waals surface area contributed by atoms with Crippen LogP contribution in [0.25, 0.3) is 26.5 Å². The molecule has 13 heteroatoms. The lowest BCUT2D eigenvalue weighted by Crippen LogP contribution is -2.39. The van der Waals surface area contributed by atoms with Gasteiger partial charge in [-0.15, -0.1) is 16.4 Å². The molecule has 216 valence electrons. The molecule has 2 N–H and O–H groups in total. The van der Waals surface area contributed by atoms with Crippen molar-refractivity contribution in [2.45, 2.75) is 20.0 Å². The van der Waals surface area contributed by atoms with Crippen LogP contribution >= 0.6 is 11.3 Å². The summed E-state index contributed by atoms with van der Waals surface area (Å²) in [4.78, 5) is 42.6. The third kappa shape index (κ3) is 5.43. The Kier molecular flexibility index (Phi) is 7.96. The van der Waals surface area contributed by atoms with E-state index in [0.717, 1.165) is 22.3 Å². The van der Waals surface area contributed by atoms with Gasteiger partial charge in [-0.2, -0.15) is 5.10 Å². The van der Waals surface area contributed by atoms with Crippen LogP contribution in [0.15, 0.2) is 64.2 Å². The summed E-state index contributed by atoms with van der Waals surface area (Å²) < 4.78 is 31.7. The quantitative estimate of drug-likeness (QED) is 0.295. The van der Waals surface area contributed by atoms with Crippen molar-refractivity contribution in [2.24, 2.45) is 0 Å². The standard InChI is InChI=1S/C29H27F2N7O3S/c1-16-8-13-23(35-34-16)38-26(39)24-20(14-36(3)4)25(17-9-11-18(12-10-17)33-28(40)32-2)42-27(24)37(29(38)41)15-19-21(30)6-5-7-22(19)31/h5-13H,14-15H2,1-4H3,(H2,32,33,40). The highest BCUT2D eigenvalue weighted by atomic mass is 32.1. The fourth-order valence-corrected chi connectivity index (χ4v) is 5.86. The van der Waals surface area contributed by atoms with E-state index >= 15 is 0 Å². The molecule has 2 amide bonds. The number of carbonyl (C=O) groups excluding carboxylic acids is 1. The highest BCUT2D eigenvalue weighted by Crippen LogP contribution is 2.38. The van der Waals surface area contributed by atoms with Crippen LogP contribution in [0.3, 0.4) is 0 Å². The van der Waals surface area contributed by atoms with E-state index in [9.17, 15) is 23.2 Å². The average molecular weight is 592 g/mol. The number of amides is 2. The van der Waals surface area contributed by atoms with Gasteiger partial charge in [0, 0.05) is 29.7 Å². The van der Waals surface area contributed by atoms with Gasteiger partial charge in [-0.25, -0.2) is 22.9 Å². The van der Waals surface area contributed by atoms with Crippen molar-refractivity contribution in [3.8, 4) is 16.3 Å². The molecule has 0 atom stereocenters. The van der Waals surface area contributed by atoms with Crippen LogP contribution in [-0.2, 0) is 13.1 Å². The molecule has 0 aliphatic carbocycles. The van der Waals surface area contributed by atoms with Crippen molar-refractivity contribution < 1.29 is 13.6 Å². The molecule has 0 unspecified atom stereocenters. The number of hydrogen-bond donors (Lipinski definition) is 2. The Balaban J connectivity index is 1.82. The fourth-order valence-electron chi connectivity index (χ4n) is 4.56. The van der Waals surface area contributed by atoms with Crippen molar-refractivity contribution >= 4 is 33.3 Å². The zero-order valence-corrected chi connectivity index (χ0v) is 24.1. The van der Waals surface area contributed by atoms with Crippen LogP contribution in [0.4, 0.5) is 19.3 Å². The van der Waals surface area contributed by atoms with Gasteiger partial charge in [0.25, 0.3) is 5.56 Å². The highest BCUT2D eigenvalue weighted by molar-refractivity contribution is 7.22. The van der Waals surface area contributed by atoms with E-state index in [-0.39, 0.29) is 27.6 Å². The number of thiophene rings is 1. The summed E-state index contributed by atoms with van der Waals surface area (Å²) >= 11 is 1.18. The van der Waals surface area contributed by atoms with Gasteiger partial charge >= 0.3 is 11.7 Å². The summed E-state index contributed by atoms with van der Waals surface area (Å²) in [5.41, 5.74) is 0.775. The molecule has 0 radical (unpaired) electrons. The molecule has 5 rings (SSSR count). The Morgan fingerprint density at radius 1 is 0.976 bits per heavy atom. The van der Waals surface area contributed by atoms with E-state index in [1.54, 1.807) is 37.3 Å². The molecule has 5 aromatic rings. The maximum atomic E-state index is 14.8. The minimum Gasteiger partial charge on any atom is -0.341 e. The van der Waals surface area contributed by atoms with Crippen LogP contribution < -0.4 is 21.9 Å². The van der Waals surface area contributed by atoms with Gasteiger partial charge in [0.05, 0.1) is 17.6 Å². The van der Waals surface area contributed by atoms with E-state index in [4.69, 9.17) is 0 Å². The van der Waals surface area contributed by atoms with Crippen molar-refractivity contribution in [1.82, 2.24) is 29.5 Å². The minimum atomic E-state index is -0.813. The lowest BCUT2D eigenvalue weighted by molar-refractivity contribution is 0.254. The summed E-state index contributed by atoms with van der Waals surface area (Å²) in [6, 6.07) is 13.2. The predicted octanol–water partition coefficient (Wildman–Crippen LogP) is 4.12. The third-order valence-electron chi connectivity index (χ3n) is 6.57. The summed E-state index contributed by atoms with van der Waals surface area (Å²) in [6.45, 7) is 1.59. The number of nitrogens with one attached hydrogen (secondary N) is 2. The number of benzene rings is 2. The van der Waals surface area contributed by atoms with Gasteiger partial charge in [-0.05, 0) is 68.5 Å². The smallest absolute Gasteiger partial charge is 0.338 e. The normalized spacial score (nSPS) is 11.3. The molecule has 2 aromatic carbocycles. The first-order valence-electron chi connectivity index (χ1n) is 12.9. The second-order valence-corrected chi connectivity index (χ2v) is 10.9. The van der Waals surface area contributed by atoms with Crippen molar-refractivity contribution in [3.63, 3.8) is 0 Å². The number of anilines is 1. The maximum Gasteiger partial charge on any atom is 0.338 e. The van der Waals surface area contributed by atoms with Gasteiger partial charge in [0.2, 0.25) is 0 Å². The summed E-state index contributed by atoms with van der Waals surface area (Å²) in [5.74, 6) is -1.63. The van der Waals surface area contributed by atoms with Crippen LogP contribution in [0.2, 0.25) is 0 Å². The molecule has 0 fully saturated rings. The lowest BCUT2D eigenvalue weighted by Gasteiger charge is -2.14. The first-order chi connectivity index (χ1) is 20.1. The Bertz CT molecular complexity index is 1890. The molecular weight excluding hydrogens is 564 g/mol. The Hall–Kier alpha value is -4.75. The third-order valence-corrected chi connectivity index (χ3v) is 7.87. The number of halogens is 2. The fraction of sp³-hybridized carbons (Fsp3) is 0.207. The van der Waals surface area contributed by atoms with Crippen LogP contribution in [-0.4, -0.2) is 51.4 Å². The molecule has 0 aliphatic rings. The molecule has 3 heterocycles. The van der Waals surface area contributed by atoms with Gasteiger partial charge in [0.15, 0.2) is 5.82 Å². The predicted molar refractivity (Wildman–Crippen MR) is 158 cm³/mol. The van der Waals surface area contributed by atoms with E-state index < -0.39 is 29.4 Å². The van der Waals surface area contributed by atoms with E-state index in [0.29, 0.717) is 28.4 Å². The number of hydrogen-bond acceptors (Lipinski definition) is 7. The number of rotatable bonds is 7. The van der Waals surface area contributed by atoms with Crippen molar-refractivity contribution in [3.05, 3.63) is 104 Å². The van der Waals surface area contributed by atoms with E-state index in [1.165, 1.54) is 35.1 Å². The van der Waals surface area contributed by atoms with Gasteiger partial charge in [0.1, 0.15) is 16.5 Å². The molecule has 0 spiro atoms. The molecule has 3 aromatic heterocycles. The molecule has 0 saturated heterocycles. The summed E-state index contributed by atoms with van der Waals surface area (Å²) in [5, 5.41) is 13.5. The zero-order valence-electron chi connectivity index (χ0n) is 23.2. The molecule has 42 heavy (non-hydrogen) atoms. The highest BCUT2D eigenvalue weighted by Gasteiger charge is 2.25. The topological polar surface area (TPSA) is 114 Å². The minimum absolute atomic E-state index is 0.00608. The molecule has 0 aliphatic heterocycles. The van der Waals surface area contributed by atoms with Crippen LogP contribution in [0, 0.1) is 18.6 Å². The van der Waals surface area contributed by atoms with Crippen LogP contribution in [0.5, 0.6) is 0 Å².